The van der Waals surface area contributed by atoms with Crippen molar-refractivity contribution in [2.45, 2.75) is 23.5 Å². The number of benzene rings is 3. The predicted molar refractivity (Wildman–Crippen MR) is 125 cm³/mol. The molecule has 1 aliphatic heterocycles. The van der Waals surface area contributed by atoms with Gasteiger partial charge in [-0.1, -0.05) is 0 Å². The van der Waals surface area contributed by atoms with Gasteiger partial charge in [0.2, 0.25) is 0 Å². The van der Waals surface area contributed by atoms with Crippen molar-refractivity contribution < 1.29 is 4.74 Å². The predicted octanol–water partition coefficient (Wildman–Crippen LogP) is 4.44. The maximum atomic E-state index is 5.85. The Kier molecular flexibility index (Phi) is 7.04. The summed E-state index contributed by atoms with van der Waals surface area (Å²) in [6.07, 6.45) is 0.146. The summed E-state index contributed by atoms with van der Waals surface area (Å²) in [5.74, 6) is 0. The van der Waals surface area contributed by atoms with E-state index < -0.39 is 0 Å². The normalized spacial score (nSPS) is 21.0. The van der Waals surface area contributed by atoms with Crippen LogP contribution in [0.4, 0.5) is 0 Å². The first-order chi connectivity index (χ1) is 14.7. The molecule has 0 amide bonds. The first-order valence-electron chi connectivity index (χ1n) is 10.4. The summed E-state index contributed by atoms with van der Waals surface area (Å²) in [6, 6.07) is 31.2. The first kappa shape index (κ1) is 21.3. The molecule has 0 radical (unpaired) electrons. The molecule has 1 aliphatic rings. The number of ether oxygens (including phenoxy) is 1. The molecule has 0 N–H and O–H groups in total. The van der Waals surface area contributed by atoms with Crippen LogP contribution in [0.25, 0.3) is 0 Å². The van der Waals surface area contributed by atoms with Gasteiger partial charge in [-0.05, 0) is 0 Å². The second-order valence-corrected chi connectivity index (χ2v) is 10.2. The van der Waals surface area contributed by atoms with Gasteiger partial charge in [0.05, 0.1) is 0 Å². The fourth-order valence-electron chi connectivity index (χ4n) is 4.49. The molecule has 3 aromatic rings. The zero-order chi connectivity index (χ0) is 20.9. The standard InChI is InChI=1S/C26H30N2OSe/c1-27-19-28(2)26(25(27)21-14-8-5-9-15-21)22-16-10-11-17-24(22)30-18-23(29-3)20-12-6-4-7-13-20/h4-17,23,25-26H,18-19H2,1-3H3/t23-,25+,26+/m1/s1. The van der Waals surface area contributed by atoms with Crippen LogP contribution in [0.5, 0.6) is 0 Å². The Balaban J connectivity index is 1.60. The number of rotatable bonds is 7. The maximum absolute atomic E-state index is 5.85. The third-order valence-corrected chi connectivity index (χ3v) is 8.34. The van der Waals surface area contributed by atoms with Gasteiger partial charge < -0.3 is 0 Å². The third kappa shape index (κ3) is 4.54. The van der Waals surface area contributed by atoms with Gasteiger partial charge >= 0.3 is 187 Å². The van der Waals surface area contributed by atoms with E-state index >= 15 is 0 Å². The zero-order valence-electron chi connectivity index (χ0n) is 17.9. The molecule has 0 aromatic heterocycles. The van der Waals surface area contributed by atoms with Crippen LogP contribution in [-0.2, 0) is 4.74 Å². The molecule has 0 unspecified atom stereocenters. The molecule has 1 saturated heterocycles. The molecule has 4 heteroatoms. The first-order valence-corrected chi connectivity index (χ1v) is 12.5. The summed E-state index contributed by atoms with van der Waals surface area (Å²) in [7, 11) is 6.30. The van der Waals surface area contributed by atoms with Crippen LogP contribution >= 0.6 is 0 Å². The molecule has 3 atom stereocenters. The quantitative estimate of drug-likeness (QED) is 0.480. The van der Waals surface area contributed by atoms with Crippen molar-refractivity contribution in [2.75, 3.05) is 27.9 Å². The van der Waals surface area contributed by atoms with Gasteiger partial charge in [0, 0.05) is 0 Å². The minimum atomic E-state index is 0.146. The number of hydrogen-bond acceptors (Lipinski definition) is 3. The van der Waals surface area contributed by atoms with E-state index in [1.807, 2.05) is 7.11 Å². The fourth-order valence-corrected chi connectivity index (χ4v) is 6.99. The van der Waals surface area contributed by atoms with Gasteiger partial charge in [-0.15, -0.1) is 0 Å². The van der Waals surface area contributed by atoms with Crippen LogP contribution in [-0.4, -0.2) is 52.6 Å². The SMILES string of the molecule is CO[C@H](C[Se]c1ccccc1[C@H]1[C@H](c2ccccc2)N(C)CN1C)c1ccccc1. The number of likely N-dealkylation sites (N-methyl/N-ethyl adjacent to an activating group) is 2. The Morgan fingerprint density at radius 1 is 0.833 bits per heavy atom. The van der Waals surface area contributed by atoms with E-state index in [1.165, 1.54) is 21.2 Å². The van der Waals surface area contributed by atoms with Gasteiger partial charge in [0.15, 0.2) is 0 Å². The van der Waals surface area contributed by atoms with Crippen molar-refractivity contribution >= 4 is 19.4 Å². The van der Waals surface area contributed by atoms with Gasteiger partial charge in [-0.2, -0.15) is 0 Å². The van der Waals surface area contributed by atoms with E-state index in [-0.39, 0.29) is 6.10 Å². The Hall–Kier alpha value is -1.94. The molecule has 30 heavy (non-hydrogen) atoms. The van der Waals surface area contributed by atoms with E-state index in [0.717, 1.165) is 12.0 Å². The van der Waals surface area contributed by atoms with Crippen LogP contribution < -0.4 is 4.46 Å². The van der Waals surface area contributed by atoms with E-state index in [2.05, 4.69) is 109 Å². The summed E-state index contributed by atoms with van der Waals surface area (Å²) in [5.41, 5.74) is 4.11. The van der Waals surface area contributed by atoms with Crippen molar-refractivity contribution in [1.29, 1.82) is 0 Å². The molecule has 0 aliphatic carbocycles. The van der Waals surface area contributed by atoms with Crippen LogP contribution in [0, 0.1) is 0 Å². The Labute approximate surface area is 186 Å². The number of nitrogens with zero attached hydrogens (tertiary/aromatic N) is 2. The average molecular weight is 465 g/mol. The van der Waals surface area contributed by atoms with Gasteiger partial charge in [0.25, 0.3) is 0 Å². The fraction of sp³-hybridized carbons (Fsp3) is 0.308. The minimum absolute atomic E-state index is 0.146. The molecule has 1 fully saturated rings. The molecule has 0 bridgehead atoms. The Morgan fingerprint density at radius 3 is 2.13 bits per heavy atom. The molecular weight excluding hydrogens is 435 g/mol. The second-order valence-electron chi connectivity index (χ2n) is 7.94. The summed E-state index contributed by atoms with van der Waals surface area (Å²) < 4.78 is 7.33. The van der Waals surface area contributed by atoms with E-state index in [4.69, 9.17) is 4.74 Å². The molecule has 3 nitrogen and oxygen atoms in total. The molecule has 156 valence electrons. The third-order valence-electron chi connectivity index (χ3n) is 5.92. The van der Waals surface area contributed by atoms with Crippen LogP contribution in [0.2, 0.25) is 5.32 Å². The molecule has 1 heterocycles. The van der Waals surface area contributed by atoms with Crippen molar-refractivity contribution in [3.8, 4) is 0 Å². The molecule has 0 spiro atoms. The van der Waals surface area contributed by atoms with Crippen molar-refractivity contribution in [3.05, 3.63) is 102 Å². The summed E-state index contributed by atoms with van der Waals surface area (Å²) in [5, 5.41) is 1.03. The van der Waals surface area contributed by atoms with E-state index in [1.54, 1.807) is 0 Å². The number of methoxy groups -OCH3 is 1. The summed E-state index contributed by atoms with van der Waals surface area (Å²) >= 11 is 0.330. The topological polar surface area (TPSA) is 15.7 Å². The average Bonchev–Trinajstić information content (AvgIpc) is 3.09. The van der Waals surface area contributed by atoms with Gasteiger partial charge in [-0.3, -0.25) is 0 Å². The Bertz CT molecular complexity index is 934. The van der Waals surface area contributed by atoms with Crippen LogP contribution in [0.1, 0.15) is 34.9 Å². The van der Waals surface area contributed by atoms with Crippen LogP contribution in [0.15, 0.2) is 84.9 Å². The number of hydrogen-bond donors (Lipinski definition) is 0. The molecule has 0 saturated carbocycles. The van der Waals surface area contributed by atoms with E-state index in [9.17, 15) is 0 Å². The van der Waals surface area contributed by atoms with Crippen molar-refractivity contribution in [2.24, 2.45) is 0 Å². The summed E-state index contributed by atoms with van der Waals surface area (Å²) in [6.45, 7) is 0.969. The second kappa shape index (κ2) is 9.91. The monoisotopic (exact) mass is 466 g/mol. The summed E-state index contributed by atoms with van der Waals surface area (Å²) in [4.78, 5) is 4.95. The van der Waals surface area contributed by atoms with E-state index in [0.29, 0.717) is 27.0 Å². The van der Waals surface area contributed by atoms with Crippen molar-refractivity contribution in [3.63, 3.8) is 0 Å². The van der Waals surface area contributed by atoms with Gasteiger partial charge in [0.1, 0.15) is 0 Å². The molecule has 4 rings (SSSR count). The van der Waals surface area contributed by atoms with Crippen LogP contribution in [0.3, 0.4) is 0 Å². The Morgan fingerprint density at radius 2 is 1.43 bits per heavy atom. The molecule has 3 aromatic carbocycles. The van der Waals surface area contributed by atoms with Crippen molar-refractivity contribution in [1.82, 2.24) is 9.80 Å². The zero-order valence-corrected chi connectivity index (χ0v) is 19.7. The van der Waals surface area contributed by atoms with Gasteiger partial charge in [-0.25, -0.2) is 0 Å². The molecular formula is C26H30N2OSe.